The SMILES string of the molecule is C#Cc1cc(F)cc(C(C)CF)c1. The average molecular weight is 180 g/mol. The van der Waals surface area contributed by atoms with Gasteiger partial charge in [0.05, 0.1) is 6.67 Å². The van der Waals surface area contributed by atoms with Gasteiger partial charge in [-0.25, -0.2) is 4.39 Å². The van der Waals surface area contributed by atoms with E-state index in [1.54, 1.807) is 13.0 Å². The Kier molecular flexibility index (Phi) is 3.02. The summed E-state index contributed by atoms with van der Waals surface area (Å²) in [5.41, 5.74) is 1.06. The van der Waals surface area contributed by atoms with Gasteiger partial charge in [-0.1, -0.05) is 12.8 Å². The fraction of sp³-hybridized carbons (Fsp3) is 0.273. The van der Waals surface area contributed by atoms with Gasteiger partial charge in [-0.05, 0) is 23.8 Å². The van der Waals surface area contributed by atoms with Crippen LogP contribution in [0.3, 0.4) is 0 Å². The zero-order valence-corrected chi connectivity index (χ0v) is 7.35. The lowest BCUT2D eigenvalue weighted by molar-refractivity contribution is 0.446. The smallest absolute Gasteiger partial charge is 0.124 e. The minimum absolute atomic E-state index is 0.303. The third-order valence-electron chi connectivity index (χ3n) is 1.89. The molecule has 0 aliphatic heterocycles. The molecule has 0 aliphatic rings. The zero-order valence-electron chi connectivity index (χ0n) is 7.35. The topological polar surface area (TPSA) is 0 Å². The quantitative estimate of drug-likeness (QED) is 0.614. The van der Waals surface area contributed by atoms with Gasteiger partial charge in [0.25, 0.3) is 0 Å². The van der Waals surface area contributed by atoms with E-state index in [4.69, 9.17) is 6.42 Å². The van der Waals surface area contributed by atoms with E-state index >= 15 is 0 Å². The van der Waals surface area contributed by atoms with Gasteiger partial charge in [-0.2, -0.15) is 0 Å². The number of hydrogen-bond acceptors (Lipinski definition) is 0. The van der Waals surface area contributed by atoms with Crippen molar-refractivity contribution in [1.82, 2.24) is 0 Å². The third kappa shape index (κ3) is 2.29. The van der Waals surface area contributed by atoms with Crippen molar-refractivity contribution in [3.8, 4) is 12.3 Å². The Hall–Kier alpha value is -1.36. The van der Waals surface area contributed by atoms with E-state index in [-0.39, 0.29) is 5.92 Å². The molecule has 0 amide bonds. The third-order valence-corrected chi connectivity index (χ3v) is 1.89. The predicted molar refractivity (Wildman–Crippen MR) is 48.7 cm³/mol. The van der Waals surface area contributed by atoms with Crippen LogP contribution in [0.15, 0.2) is 18.2 Å². The number of alkyl halides is 1. The Balaban J connectivity index is 3.10. The maximum atomic E-state index is 12.9. The van der Waals surface area contributed by atoms with E-state index in [1.807, 2.05) is 0 Å². The summed E-state index contributed by atoms with van der Waals surface area (Å²) < 4.78 is 25.2. The fourth-order valence-electron chi connectivity index (χ4n) is 1.07. The van der Waals surface area contributed by atoms with Crippen molar-refractivity contribution in [1.29, 1.82) is 0 Å². The van der Waals surface area contributed by atoms with E-state index in [1.165, 1.54) is 12.1 Å². The molecular formula is C11H10F2. The molecule has 13 heavy (non-hydrogen) atoms. The van der Waals surface area contributed by atoms with Crippen LogP contribution in [0.4, 0.5) is 8.78 Å². The molecule has 0 aromatic heterocycles. The second-order valence-electron chi connectivity index (χ2n) is 2.97. The molecule has 0 radical (unpaired) electrons. The van der Waals surface area contributed by atoms with Gasteiger partial charge in [-0.3, -0.25) is 4.39 Å². The highest BCUT2D eigenvalue weighted by Crippen LogP contribution is 2.18. The lowest BCUT2D eigenvalue weighted by Crippen LogP contribution is -1.97. The van der Waals surface area contributed by atoms with Crippen LogP contribution in [0.25, 0.3) is 0 Å². The molecule has 0 fully saturated rings. The Labute approximate surface area is 76.6 Å². The van der Waals surface area contributed by atoms with Crippen molar-refractivity contribution < 1.29 is 8.78 Å². The van der Waals surface area contributed by atoms with E-state index in [2.05, 4.69) is 5.92 Å². The van der Waals surface area contributed by atoms with E-state index in [0.29, 0.717) is 11.1 Å². The first-order valence-electron chi connectivity index (χ1n) is 4.00. The normalized spacial score (nSPS) is 12.2. The molecule has 0 aliphatic carbocycles. The molecule has 68 valence electrons. The summed E-state index contributed by atoms with van der Waals surface area (Å²) in [6.45, 7) is 1.18. The molecule has 0 N–H and O–H groups in total. The van der Waals surface area contributed by atoms with Crippen LogP contribution >= 0.6 is 0 Å². The van der Waals surface area contributed by atoms with Crippen LogP contribution < -0.4 is 0 Å². The van der Waals surface area contributed by atoms with Crippen LogP contribution in [-0.4, -0.2) is 6.67 Å². The van der Waals surface area contributed by atoms with Gasteiger partial charge in [0, 0.05) is 11.5 Å². The van der Waals surface area contributed by atoms with Crippen LogP contribution in [0.1, 0.15) is 24.0 Å². The van der Waals surface area contributed by atoms with Crippen molar-refractivity contribution in [2.75, 3.05) is 6.67 Å². The van der Waals surface area contributed by atoms with Crippen LogP contribution in [0.2, 0.25) is 0 Å². The first kappa shape index (κ1) is 9.73. The summed E-state index contributed by atoms with van der Waals surface area (Å²) in [6, 6.07) is 4.20. The molecule has 1 rings (SSSR count). The highest BCUT2D eigenvalue weighted by Gasteiger charge is 2.07. The lowest BCUT2D eigenvalue weighted by Gasteiger charge is -2.07. The zero-order chi connectivity index (χ0) is 9.84. The molecule has 1 aromatic carbocycles. The number of hydrogen-bond donors (Lipinski definition) is 0. The number of terminal acetylenes is 1. The van der Waals surface area contributed by atoms with Crippen molar-refractivity contribution >= 4 is 0 Å². The molecule has 0 heterocycles. The summed E-state index contributed by atoms with van der Waals surface area (Å²) in [7, 11) is 0. The summed E-state index contributed by atoms with van der Waals surface area (Å²) in [5.74, 6) is 1.61. The molecular weight excluding hydrogens is 170 g/mol. The fourth-order valence-corrected chi connectivity index (χ4v) is 1.07. The first-order valence-corrected chi connectivity index (χ1v) is 4.00. The number of halogens is 2. The Morgan fingerprint density at radius 3 is 2.69 bits per heavy atom. The Morgan fingerprint density at radius 2 is 2.15 bits per heavy atom. The summed E-state index contributed by atoms with van der Waals surface area (Å²) in [6.07, 6.45) is 5.12. The maximum absolute atomic E-state index is 12.9. The minimum atomic E-state index is -0.506. The second kappa shape index (κ2) is 4.04. The average Bonchev–Trinajstić information content (AvgIpc) is 2.15. The van der Waals surface area contributed by atoms with Gasteiger partial charge in [0.1, 0.15) is 5.82 Å². The van der Waals surface area contributed by atoms with Gasteiger partial charge < -0.3 is 0 Å². The van der Waals surface area contributed by atoms with Crippen LogP contribution in [0.5, 0.6) is 0 Å². The molecule has 1 unspecified atom stereocenters. The van der Waals surface area contributed by atoms with Gasteiger partial charge in [-0.15, -0.1) is 6.42 Å². The minimum Gasteiger partial charge on any atom is -0.250 e. The van der Waals surface area contributed by atoms with Crippen LogP contribution in [0, 0.1) is 18.2 Å². The van der Waals surface area contributed by atoms with Crippen molar-refractivity contribution in [3.63, 3.8) is 0 Å². The van der Waals surface area contributed by atoms with Crippen LogP contribution in [-0.2, 0) is 0 Å². The molecule has 0 saturated carbocycles. The summed E-state index contributed by atoms with van der Waals surface area (Å²) in [5, 5.41) is 0. The van der Waals surface area contributed by atoms with Gasteiger partial charge in [0.15, 0.2) is 0 Å². The standard InChI is InChI=1S/C11H10F2/c1-3-9-4-10(8(2)7-12)6-11(13)5-9/h1,4-6,8H,7H2,2H3. The first-order chi connectivity index (χ1) is 6.17. The molecule has 0 nitrogen and oxygen atoms in total. The Bertz CT molecular complexity index is 336. The number of benzene rings is 1. The molecule has 2 heteroatoms. The van der Waals surface area contributed by atoms with Crippen molar-refractivity contribution in [2.45, 2.75) is 12.8 Å². The van der Waals surface area contributed by atoms with E-state index in [0.717, 1.165) is 0 Å². The molecule has 0 spiro atoms. The Morgan fingerprint density at radius 1 is 1.46 bits per heavy atom. The largest absolute Gasteiger partial charge is 0.250 e. The number of rotatable bonds is 2. The van der Waals surface area contributed by atoms with Crippen molar-refractivity contribution in [3.05, 3.63) is 35.1 Å². The predicted octanol–water partition coefficient (Wildman–Crippen LogP) is 2.88. The second-order valence-corrected chi connectivity index (χ2v) is 2.97. The van der Waals surface area contributed by atoms with E-state index in [9.17, 15) is 8.78 Å². The van der Waals surface area contributed by atoms with Gasteiger partial charge in [0.2, 0.25) is 0 Å². The van der Waals surface area contributed by atoms with E-state index < -0.39 is 12.5 Å². The monoisotopic (exact) mass is 180 g/mol. The molecule has 1 aromatic rings. The van der Waals surface area contributed by atoms with Gasteiger partial charge >= 0.3 is 0 Å². The maximum Gasteiger partial charge on any atom is 0.124 e. The summed E-state index contributed by atoms with van der Waals surface area (Å²) in [4.78, 5) is 0. The highest BCUT2D eigenvalue weighted by molar-refractivity contribution is 5.37. The highest BCUT2D eigenvalue weighted by atomic mass is 19.1. The van der Waals surface area contributed by atoms with Crippen molar-refractivity contribution in [2.24, 2.45) is 0 Å². The lowest BCUT2D eigenvalue weighted by atomic mass is 10.0. The molecule has 1 atom stereocenters. The molecule has 0 bridgehead atoms. The molecule has 0 saturated heterocycles. The summed E-state index contributed by atoms with van der Waals surface area (Å²) >= 11 is 0.